The second-order valence-corrected chi connectivity index (χ2v) is 8.98. The number of carbonyl (C=O) groups excluding carboxylic acids is 1. The molecule has 0 radical (unpaired) electrons. The Morgan fingerprint density at radius 1 is 0.969 bits per heavy atom. The van der Waals surface area contributed by atoms with Crippen LogP contribution in [0.15, 0.2) is 47.4 Å². The van der Waals surface area contributed by atoms with Crippen molar-refractivity contribution in [3.8, 4) is 5.75 Å². The predicted octanol–water partition coefficient (Wildman–Crippen LogP) is 3.33. The first-order chi connectivity index (χ1) is 15.0. The highest BCUT2D eigenvalue weighted by Crippen LogP contribution is 2.25. The summed E-state index contributed by atoms with van der Waals surface area (Å²) >= 11 is 0. The van der Waals surface area contributed by atoms with E-state index in [9.17, 15) is 35.2 Å². The first-order valence-corrected chi connectivity index (χ1v) is 11.0. The lowest BCUT2D eigenvalue weighted by Gasteiger charge is -2.34. The SMILES string of the molecule is O=C(CCc1cc(F)ccc1F)N1CCN(S(=O)(=O)c2ccc(OC(F)(F)F)cc2)CC1. The minimum absolute atomic E-state index is 0.00723. The Labute approximate surface area is 181 Å². The van der Waals surface area contributed by atoms with E-state index < -0.39 is 33.8 Å². The van der Waals surface area contributed by atoms with Gasteiger partial charge in [0.2, 0.25) is 15.9 Å². The van der Waals surface area contributed by atoms with Crippen LogP contribution in [0.4, 0.5) is 22.0 Å². The van der Waals surface area contributed by atoms with Crippen molar-refractivity contribution < 1.29 is 39.9 Å². The molecule has 1 amide bonds. The van der Waals surface area contributed by atoms with E-state index in [4.69, 9.17) is 0 Å². The van der Waals surface area contributed by atoms with Gasteiger partial charge in [0.15, 0.2) is 0 Å². The first kappa shape index (κ1) is 23.9. The maximum Gasteiger partial charge on any atom is 0.573 e. The normalized spacial score (nSPS) is 15.6. The third-order valence-corrected chi connectivity index (χ3v) is 6.82. The maximum atomic E-state index is 13.7. The Kier molecular flexibility index (Phi) is 7.03. The molecule has 1 aliphatic heterocycles. The van der Waals surface area contributed by atoms with E-state index in [1.165, 1.54) is 4.90 Å². The molecule has 0 saturated carbocycles. The van der Waals surface area contributed by atoms with Crippen molar-refractivity contribution in [3.05, 3.63) is 59.7 Å². The van der Waals surface area contributed by atoms with Crippen LogP contribution >= 0.6 is 0 Å². The van der Waals surface area contributed by atoms with Gasteiger partial charge in [0.05, 0.1) is 4.90 Å². The van der Waals surface area contributed by atoms with Gasteiger partial charge in [0.25, 0.3) is 0 Å². The number of ether oxygens (including phenoxy) is 1. The van der Waals surface area contributed by atoms with Crippen molar-refractivity contribution in [2.45, 2.75) is 24.1 Å². The molecular weight excluding hydrogens is 459 g/mol. The van der Waals surface area contributed by atoms with Crippen molar-refractivity contribution >= 4 is 15.9 Å². The van der Waals surface area contributed by atoms with Gasteiger partial charge in [-0.15, -0.1) is 13.2 Å². The number of piperazine rings is 1. The number of sulfonamides is 1. The Morgan fingerprint density at radius 3 is 2.19 bits per heavy atom. The van der Waals surface area contributed by atoms with Crippen molar-refractivity contribution in [1.82, 2.24) is 9.21 Å². The Morgan fingerprint density at radius 2 is 1.59 bits per heavy atom. The van der Waals surface area contributed by atoms with E-state index in [1.807, 2.05) is 0 Å². The number of hydrogen-bond acceptors (Lipinski definition) is 4. The molecule has 12 heteroatoms. The van der Waals surface area contributed by atoms with Crippen LogP contribution in [0.2, 0.25) is 0 Å². The Bertz CT molecular complexity index is 1070. The largest absolute Gasteiger partial charge is 0.573 e. The Hall–Kier alpha value is -2.73. The topological polar surface area (TPSA) is 66.9 Å². The molecule has 3 rings (SSSR count). The number of hydrogen-bond donors (Lipinski definition) is 0. The van der Waals surface area contributed by atoms with E-state index in [-0.39, 0.29) is 55.4 Å². The standard InChI is InChI=1S/C20H19F5N2O4S/c21-15-2-7-18(22)14(13-15)1-8-19(28)26-9-11-27(12-10-26)32(29,30)17-5-3-16(4-6-17)31-20(23,24)25/h2-7,13H,1,8-12H2. The molecule has 1 aliphatic rings. The predicted molar refractivity (Wildman–Crippen MR) is 103 cm³/mol. The summed E-state index contributed by atoms with van der Waals surface area (Å²) in [4.78, 5) is 13.6. The lowest BCUT2D eigenvalue weighted by molar-refractivity contribution is -0.274. The third-order valence-electron chi connectivity index (χ3n) is 4.90. The van der Waals surface area contributed by atoms with E-state index in [2.05, 4.69) is 4.74 Å². The molecule has 2 aromatic carbocycles. The lowest BCUT2D eigenvalue weighted by Crippen LogP contribution is -2.50. The molecule has 1 heterocycles. The van der Waals surface area contributed by atoms with E-state index in [0.717, 1.165) is 46.8 Å². The molecule has 32 heavy (non-hydrogen) atoms. The highest BCUT2D eigenvalue weighted by Gasteiger charge is 2.32. The fourth-order valence-electron chi connectivity index (χ4n) is 3.27. The molecule has 6 nitrogen and oxygen atoms in total. The molecule has 2 aromatic rings. The van der Waals surface area contributed by atoms with Crippen LogP contribution < -0.4 is 4.74 Å². The first-order valence-electron chi connectivity index (χ1n) is 9.53. The zero-order valence-electron chi connectivity index (χ0n) is 16.6. The number of carbonyl (C=O) groups is 1. The second kappa shape index (κ2) is 9.41. The summed E-state index contributed by atoms with van der Waals surface area (Å²) in [5.41, 5.74) is 0.0810. The van der Waals surface area contributed by atoms with E-state index in [1.54, 1.807) is 0 Å². The van der Waals surface area contributed by atoms with Crippen molar-refractivity contribution in [3.63, 3.8) is 0 Å². The Balaban J connectivity index is 1.56. The summed E-state index contributed by atoms with van der Waals surface area (Å²) in [6.45, 7) is 0.171. The average Bonchev–Trinajstić information content (AvgIpc) is 2.73. The van der Waals surface area contributed by atoms with Crippen LogP contribution in [0.25, 0.3) is 0 Å². The summed E-state index contributed by atoms with van der Waals surface area (Å²) in [6.07, 6.45) is -4.94. The van der Waals surface area contributed by atoms with Crippen LogP contribution in [0.1, 0.15) is 12.0 Å². The molecule has 0 aliphatic carbocycles. The monoisotopic (exact) mass is 478 g/mol. The molecule has 1 fully saturated rings. The van der Waals surface area contributed by atoms with Gasteiger partial charge in [-0.1, -0.05) is 0 Å². The van der Waals surface area contributed by atoms with Crippen LogP contribution in [-0.2, 0) is 21.2 Å². The van der Waals surface area contributed by atoms with Gasteiger partial charge in [-0.3, -0.25) is 4.79 Å². The van der Waals surface area contributed by atoms with Gasteiger partial charge in [-0.05, 0) is 54.4 Å². The van der Waals surface area contributed by atoms with Crippen LogP contribution in [-0.4, -0.2) is 56.1 Å². The van der Waals surface area contributed by atoms with Crippen molar-refractivity contribution in [1.29, 1.82) is 0 Å². The second-order valence-electron chi connectivity index (χ2n) is 7.04. The number of halogens is 5. The number of rotatable bonds is 6. The van der Waals surface area contributed by atoms with Gasteiger partial charge in [0, 0.05) is 32.6 Å². The smallest absolute Gasteiger partial charge is 0.406 e. The molecule has 0 bridgehead atoms. The lowest BCUT2D eigenvalue weighted by atomic mass is 10.1. The summed E-state index contributed by atoms with van der Waals surface area (Å²) < 4.78 is 93.9. The maximum absolute atomic E-state index is 13.7. The summed E-state index contributed by atoms with van der Waals surface area (Å²) in [6, 6.07) is 6.84. The zero-order chi connectivity index (χ0) is 23.5. The van der Waals surface area contributed by atoms with Gasteiger partial charge in [-0.2, -0.15) is 4.31 Å². The van der Waals surface area contributed by atoms with Crippen LogP contribution in [0.3, 0.4) is 0 Å². The van der Waals surface area contributed by atoms with Crippen molar-refractivity contribution in [2.75, 3.05) is 26.2 Å². The number of benzene rings is 2. The molecule has 0 aromatic heterocycles. The minimum atomic E-state index is -4.89. The number of aryl methyl sites for hydroxylation is 1. The fourth-order valence-corrected chi connectivity index (χ4v) is 4.70. The van der Waals surface area contributed by atoms with Crippen LogP contribution in [0.5, 0.6) is 5.75 Å². The fraction of sp³-hybridized carbons (Fsp3) is 0.350. The van der Waals surface area contributed by atoms with Gasteiger partial charge >= 0.3 is 6.36 Å². The summed E-state index contributed by atoms with van der Waals surface area (Å²) in [5, 5.41) is 0. The highest BCUT2D eigenvalue weighted by molar-refractivity contribution is 7.89. The minimum Gasteiger partial charge on any atom is -0.406 e. The summed E-state index contributed by atoms with van der Waals surface area (Å²) in [7, 11) is -3.97. The summed E-state index contributed by atoms with van der Waals surface area (Å²) in [5.74, 6) is -2.08. The molecule has 0 atom stereocenters. The van der Waals surface area contributed by atoms with Gasteiger partial charge in [-0.25, -0.2) is 17.2 Å². The molecule has 0 N–H and O–H groups in total. The third kappa shape index (κ3) is 5.94. The quantitative estimate of drug-likeness (QED) is 0.598. The molecule has 0 spiro atoms. The number of nitrogens with zero attached hydrogens (tertiary/aromatic N) is 2. The van der Waals surface area contributed by atoms with Gasteiger partial charge in [0.1, 0.15) is 17.4 Å². The van der Waals surface area contributed by atoms with Gasteiger partial charge < -0.3 is 9.64 Å². The average molecular weight is 478 g/mol. The van der Waals surface area contributed by atoms with E-state index in [0.29, 0.717) is 0 Å². The molecular formula is C20H19F5N2O4S. The molecule has 1 saturated heterocycles. The highest BCUT2D eigenvalue weighted by atomic mass is 32.2. The zero-order valence-corrected chi connectivity index (χ0v) is 17.4. The van der Waals surface area contributed by atoms with Crippen LogP contribution in [0, 0.1) is 11.6 Å². The number of alkyl halides is 3. The van der Waals surface area contributed by atoms with Crippen molar-refractivity contribution in [2.24, 2.45) is 0 Å². The van der Waals surface area contributed by atoms with E-state index >= 15 is 0 Å². The molecule has 174 valence electrons. The molecule has 0 unspecified atom stereocenters. The number of amides is 1.